The van der Waals surface area contributed by atoms with Crippen LogP contribution in [0.4, 0.5) is 0 Å². The van der Waals surface area contributed by atoms with Gasteiger partial charge in [-0.15, -0.1) is 0 Å². The Morgan fingerprint density at radius 1 is 1.53 bits per heavy atom. The first-order valence-electron chi connectivity index (χ1n) is 4.94. The zero-order valence-electron chi connectivity index (χ0n) is 9.17. The van der Waals surface area contributed by atoms with Crippen LogP contribution in [-0.4, -0.2) is 18.4 Å². The Labute approximate surface area is 89.6 Å². The number of nitriles is 1. The molecule has 5 heteroatoms. The highest BCUT2D eigenvalue weighted by Gasteiger charge is 2.30. The maximum absolute atomic E-state index is 11.5. The van der Waals surface area contributed by atoms with Crippen molar-refractivity contribution >= 4 is 11.8 Å². The lowest BCUT2D eigenvalue weighted by Crippen LogP contribution is -2.38. The number of nitrogens with zero attached hydrogens (tertiary/aromatic N) is 1. The highest BCUT2D eigenvalue weighted by Crippen LogP contribution is 2.19. The van der Waals surface area contributed by atoms with Crippen molar-refractivity contribution in [3.8, 4) is 6.07 Å². The maximum Gasteiger partial charge on any atom is 0.240 e. The number of carbonyl (C=O) groups is 2. The predicted octanol–water partition coefficient (Wildman–Crippen LogP) is 0.308. The number of amides is 2. The smallest absolute Gasteiger partial charge is 0.240 e. The fourth-order valence-electron chi connectivity index (χ4n) is 0.950. The van der Waals surface area contributed by atoms with Gasteiger partial charge >= 0.3 is 0 Å². The monoisotopic (exact) mass is 211 g/mol. The third kappa shape index (κ3) is 4.45. The van der Waals surface area contributed by atoms with Crippen LogP contribution in [0.25, 0.3) is 0 Å². The summed E-state index contributed by atoms with van der Waals surface area (Å²) in [6, 6.07) is 1.97. The lowest BCUT2D eigenvalue weighted by Gasteiger charge is -2.18. The van der Waals surface area contributed by atoms with Gasteiger partial charge in [-0.25, -0.2) is 0 Å². The largest absolute Gasteiger partial charge is 0.370 e. The summed E-state index contributed by atoms with van der Waals surface area (Å²) in [5.74, 6) is -0.681. The minimum absolute atomic E-state index is 0.246. The molecule has 0 aromatic heterocycles. The molecule has 0 spiro atoms. The van der Waals surface area contributed by atoms with E-state index in [-0.39, 0.29) is 18.2 Å². The highest BCUT2D eigenvalue weighted by molar-refractivity contribution is 5.84. The molecule has 0 radical (unpaired) electrons. The van der Waals surface area contributed by atoms with Crippen LogP contribution in [0.15, 0.2) is 0 Å². The van der Waals surface area contributed by atoms with Crippen molar-refractivity contribution in [3.05, 3.63) is 0 Å². The van der Waals surface area contributed by atoms with Crippen molar-refractivity contribution in [2.75, 3.05) is 6.54 Å². The second-order valence-electron chi connectivity index (χ2n) is 3.62. The Balaban J connectivity index is 3.94. The first-order valence-corrected chi connectivity index (χ1v) is 4.94. The molecule has 0 rings (SSSR count). The molecular formula is C10H17N3O2. The quantitative estimate of drug-likeness (QED) is 0.619. The van der Waals surface area contributed by atoms with Crippen molar-refractivity contribution < 1.29 is 9.59 Å². The molecule has 84 valence electrons. The molecule has 5 nitrogen and oxygen atoms in total. The third-order valence-electron chi connectivity index (χ3n) is 2.34. The fraction of sp³-hybridized carbons (Fsp3) is 0.700. The lowest BCUT2D eigenvalue weighted by molar-refractivity contribution is -0.127. The van der Waals surface area contributed by atoms with E-state index in [1.165, 1.54) is 0 Å². The Kier molecular flexibility index (Phi) is 5.39. The molecule has 0 saturated carbocycles. The van der Waals surface area contributed by atoms with E-state index in [2.05, 4.69) is 5.32 Å². The van der Waals surface area contributed by atoms with Gasteiger partial charge in [0.15, 0.2) is 0 Å². The summed E-state index contributed by atoms with van der Waals surface area (Å²) in [6.45, 7) is 3.75. The van der Waals surface area contributed by atoms with Gasteiger partial charge in [-0.05, 0) is 19.8 Å². The number of hydrogen-bond donors (Lipinski definition) is 2. The van der Waals surface area contributed by atoms with Crippen LogP contribution < -0.4 is 11.1 Å². The van der Waals surface area contributed by atoms with Gasteiger partial charge in [0.25, 0.3) is 0 Å². The van der Waals surface area contributed by atoms with Crippen LogP contribution in [0.2, 0.25) is 0 Å². The van der Waals surface area contributed by atoms with Gasteiger partial charge in [0.05, 0.1) is 6.07 Å². The van der Waals surface area contributed by atoms with E-state index in [4.69, 9.17) is 11.0 Å². The molecule has 0 fully saturated rings. The first kappa shape index (κ1) is 13.4. The van der Waals surface area contributed by atoms with Gasteiger partial charge in [0.1, 0.15) is 5.41 Å². The number of rotatable bonds is 6. The standard InChI is InChI=1S/C10H17N3O2/c1-3-10(2,7-11)9(15)13-6-4-5-8(12)14/h3-6H2,1-2H3,(H2,12,14)(H,13,15). The average Bonchev–Trinajstić information content (AvgIpc) is 2.22. The Hall–Kier alpha value is -1.57. The molecule has 0 saturated heterocycles. The summed E-state index contributed by atoms with van der Waals surface area (Å²) in [7, 11) is 0. The minimum atomic E-state index is -0.979. The number of nitrogens with two attached hydrogens (primary N) is 1. The summed E-state index contributed by atoms with van der Waals surface area (Å²) in [6.07, 6.45) is 1.22. The molecule has 1 unspecified atom stereocenters. The van der Waals surface area contributed by atoms with Crippen LogP contribution >= 0.6 is 0 Å². The second kappa shape index (κ2) is 6.02. The van der Waals surface area contributed by atoms with Crippen molar-refractivity contribution in [1.29, 1.82) is 5.26 Å². The zero-order chi connectivity index (χ0) is 11.9. The molecule has 0 heterocycles. The Morgan fingerprint density at radius 3 is 2.53 bits per heavy atom. The average molecular weight is 211 g/mol. The second-order valence-corrected chi connectivity index (χ2v) is 3.62. The number of primary amides is 1. The van der Waals surface area contributed by atoms with E-state index in [9.17, 15) is 9.59 Å². The third-order valence-corrected chi connectivity index (χ3v) is 2.34. The SMILES string of the molecule is CCC(C)(C#N)C(=O)NCCCC(N)=O. The van der Waals surface area contributed by atoms with Crippen molar-refractivity contribution in [2.45, 2.75) is 33.1 Å². The molecule has 15 heavy (non-hydrogen) atoms. The van der Waals surface area contributed by atoms with E-state index in [1.807, 2.05) is 6.07 Å². The number of nitrogens with one attached hydrogen (secondary N) is 1. The van der Waals surface area contributed by atoms with Gasteiger partial charge in [0.2, 0.25) is 11.8 Å². The molecule has 3 N–H and O–H groups in total. The van der Waals surface area contributed by atoms with Gasteiger partial charge in [-0.3, -0.25) is 9.59 Å². The van der Waals surface area contributed by atoms with Crippen LogP contribution in [0.3, 0.4) is 0 Å². The molecule has 0 aromatic rings. The summed E-state index contributed by atoms with van der Waals surface area (Å²) in [4.78, 5) is 21.9. The van der Waals surface area contributed by atoms with E-state index >= 15 is 0 Å². The first-order chi connectivity index (χ1) is 6.96. The molecule has 0 aliphatic rings. The predicted molar refractivity (Wildman–Crippen MR) is 55.4 cm³/mol. The molecule has 0 bridgehead atoms. The molecular weight excluding hydrogens is 194 g/mol. The summed E-state index contributed by atoms with van der Waals surface area (Å²) >= 11 is 0. The van der Waals surface area contributed by atoms with E-state index in [0.29, 0.717) is 19.4 Å². The van der Waals surface area contributed by atoms with Crippen molar-refractivity contribution in [2.24, 2.45) is 11.1 Å². The van der Waals surface area contributed by atoms with Crippen LogP contribution in [0.1, 0.15) is 33.1 Å². The number of hydrogen-bond acceptors (Lipinski definition) is 3. The van der Waals surface area contributed by atoms with Gasteiger partial charge in [0, 0.05) is 13.0 Å². The normalized spacial score (nSPS) is 13.7. The lowest BCUT2D eigenvalue weighted by atomic mass is 9.88. The molecule has 1 atom stereocenters. The zero-order valence-corrected chi connectivity index (χ0v) is 9.17. The van der Waals surface area contributed by atoms with Gasteiger partial charge < -0.3 is 11.1 Å². The van der Waals surface area contributed by atoms with Crippen LogP contribution in [0.5, 0.6) is 0 Å². The van der Waals surface area contributed by atoms with E-state index in [1.54, 1.807) is 13.8 Å². The summed E-state index contributed by atoms with van der Waals surface area (Å²) in [5, 5.41) is 11.4. The summed E-state index contributed by atoms with van der Waals surface area (Å²) in [5.41, 5.74) is 3.96. The van der Waals surface area contributed by atoms with Crippen molar-refractivity contribution in [3.63, 3.8) is 0 Å². The minimum Gasteiger partial charge on any atom is -0.370 e. The molecule has 0 aliphatic carbocycles. The highest BCUT2D eigenvalue weighted by atomic mass is 16.2. The van der Waals surface area contributed by atoms with Crippen LogP contribution in [0, 0.1) is 16.7 Å². The van der Waals surface area contributed by atoms with E-state index < -0.39 is 5.41 Å². The molecule has 0 aliphatic heterocycles. The van der Waals surface area contributed by atoms with Crippen molar-refractivity contribution in [1.82, 2.24) is 5.32 Å². The fourth-order valence-corrected chi connectivity index (χ4v) is 0.950. The van der Waals surface area contributed by atoms with E-state index in [0.717, 1.165) is 0 Å². The molecule has 2 amide bonds. The molecule has 0 aromatic carbocycles. The van der Waals surface area contributed by atoms with Gasteiger partial charge in [-0.1, -0.05) is 6.92 Å². The summed E-state index contributed by atoms with van der Waals surface area (Å²) < 4.78 is 0. The van der Waals surface area contributed by atoms with Gasteiger partial charge in [-0.2, -0.15) is 5.26 Å². The maximum atomic E-state index is 11.5. The number of carbonyl (C=O) groups excluding carboxylic acids is 2. The van der Waals surface area contributed by atoms with Crippen LogP contribution in [-0.2, 0) is 9.59 Å². The topological polar surface area (TPSA) is 96.0 Å². The Morgan fingerprint density at radius 2 is 2.13 bits per heavy atom. The Bertz CT molecular complexity index is 283.